The van der Waals surface area contributed by atoms with Crippen LogP contribution in [0.2, 0.25) is 0 Å². The zero-order valence-corrected chi connectivity index (χ0v) is 14.0. The molecule has 3 aliphatic carbocycles. The summed E-state index contributed by atoms with van der Waals surface area (Å²) < 4.78 is 0. The van der Waals surface area contributed by atoms with Gasteiger partial charge in [0.25, 0.3) is 0 Å². The second kappa shape index (κ2) is 7.09. The minimum Gasteiger partial charge on any atom is -0.872 e. The maximum Gasteiger partial charge on any atom is 0.318 e. The fourth-order valence-electron chi connectivity index (χ4n) is 2.33. The van der Waals surface area contributed by atoms with Gasteiger partial charge in [-0.3, -0.25) is 4.79 Å². The standard InChI is InChI=1S/C6H10O2.C6H6O2.C6H4O2/c3*1-3-5(7)4(2)6(3)8/h3-6H,1-2H3;7H,1H2,2H3;1H,2H3/q-2;;/p-1. The number of allylic oxidation sites excluding steroid dienone is 4. The van der Waals surface area contributed by atoms with E-state index in [1.807, 2.05) is 0 Å². The molecule has 6 heteroatoms. The molecule has 24 heavy (non-hydrogen) atoms. The van der Waals surface area contributed by atoms with Crippen molar-refractivity contribution in [3.8, 4) is 0 Å². The summed E-state index contributed by atoms with van der Waals surface area (Å²) in [6.45, 7) is 14.7. The van der Waals surface area contributed by atoms with Crippen LogP contribution in [0.5, 0.6) is 0 Å². The molecule has 0 amide bonds. The van der Waals surface area contributed by atoms with Gasteiger partial charge in [0, 0.05) is 12.2 Å². The zero-order valence-electron chi connectivity index (χ0n) is 14.0. The highest BCUT2D eigenvalue weighted by Gasteiger charge is 2.34. The molecule has 0 heterocycles. The largest absolute Gasteiger partial charge is 0.872 e. The van der Waals surface area contributed by atoms with Crippen molar-refractivity contribution in [1.29, 1.82) is 0 Å². The minimum atomic E-state index is -0.586. The molecule has 1 saturated carbocycles. The van der Waals surface area contributed by atoms with Crippen molar-refractivity contribution >= 4 is 11.6 Å². The Kier molecular flexibility index (Phi) is 5.84. The van der Waals surface area contributed by atoms with E-state index in [9.17, 15) is 30.0 Å². The number of ketones is 2. The van der Waals surface area contributed by atoms with Crippen molar-refractivity contribution in [3.05, 3.63) is 47.0 Å². The lowest BCUT2D eigenvalue weighted by molar-refractivity contribution is -0.558. The van der Waals surface area contributed by atoms with E-state index in [1.165, 1.54) is 13.8 Å². The lowest BCUT2D eigenvalue weighted by Gasteiger charge is -2.58. The molecule has 0 aromatic heterocycles. The molecule has 0 unspecified atom stereocenters. The fraction of sp³-hybridized carbons (Fsp3) is 0.444. The molecular weight excluding hydrogens is 312 g/mol. The summed E-state index contributed by atoms with van der Waals surface area (Å²) in [7, 11) is 0. The summed E-state index contributed by atoms with van der Waals surface area (Å²) in [6, 6.07) is 0. The van der Waals surface area contributed by atoms with Crippen LogP contribution < -0.4 is 20.4 Å². The number of hydrogen-bond acceptors (Lipinski definition) is 6. The Balaban J connectivity index is 0.000000180. The van der Waals surface area contributed by atoms with Crippen LogP contribution in [-0.4, -0.2) is 23.8 Å². The Morgan fingerprint density at radius 1 is 0.875 bits per heavy atom. The number of hydrogen-bond donors (Lipinski definition) is 0. The molecule has 0 aromatic rings. The minimum absolute atomic E-state index is 0.123. The van der Waals surface area contributed by atoms with Gasteiger partial charge in [-0.1, -0.05) is 38.0 Å². The molecule has 0 N–H and O–H groups in total. The van der Waals surface area contributed by atoms with Gasteiger partial charge in [0.15, 0.2) is 5.78 Å². The molecule has 0 atom stereocenters. The van der Waals surface area contributed by atoms with Crippen molar-refractivity contribution in [1.82, 2.24) is 0 Å². The molecular formula is C18H19O6-3. The van der Waals surface area contributed by atoms with Crippen molar-refractivity contribution in [3.63, 3.8) is 0 Å². The molecule has 6 nitrogen and oxygen atoms in total. The topological polar surface area (TPSA) is 126 Å². The second-order valence-corrected chi connectivity index (χ2v) is 6.11. The van der Waals surface area contributed by atoms with Gasteiger partial charge in [-0.05, 0) is 19.4 Å². The highest BCUT2D eigenvalue weighted by molar-refractivity contribution is 6.18. The molecule has 0 saturated heterocycles. The van der Waals surface area contributed by atoms with Gasteiger partial charge in [-0.2, -0.15) is 0 Å². The monoisotopic (exact) mass is 331 g/mol. The van der Waals surface area contributed by atoms with Crippen LogP contribution in [0.15, 0.2) is 40.4 Å². The van der Waals surface area contributed by atoms with Gasteiger partial charge in [0.1, 0.15) is 5.57 Å². The third-order valence-electron chi connectivity index (χ3n) is 4.47. The molecule has 0 aromatic carbocycles. The summed E-state index contributed by atoms with van der Waals surface area (Å²) in [5, 5.41) is 42.1. The van der Waals surface area contributed by atoms with Gasteiger partial charge in [-0.25, -0.2) is 4.79 Å². The van der Waals surface area contributed by atoms with Gasteiger partial charge in [-0.15, -0.1) is 12.2 Å². The first-order chi connectivity index (χ1) is 10.9. The number of Topliss-reactive ketones (excluding diaryl/α,β-unsaturated/α-hetero) is 2. The number of rotatable bonds is 0. The number of carbonyl (C=O) groups excluding carboxylic acids is 2. The quantitative estimate of drug-likeness (QED) is 0.375. The number of carbonyl (C=O) groups is 2. The van der Waals surface area contributed by atoms with Crippen LogP contribution in [-0.2, 0) is 9.59 Å². The fourth-order valence-corrected chi connectivity index (χ4v) is 2.33. The molecule has 3 rings (SSSR count). The average molecular weight is 331 g/mol. The van der Waals surface area contributed by atoms with Crippen molar-refractivity contribution in [2.75, 3.05) is 0 Å². The summed E-state index contributed by atoms with van der Waals surface area (Å²) in [4.78, 5) is 20.8. The maximum atomic E-state index is 10.7. The third-order valence-corrected chi connectivity index (χ3v) is 4.47. The van der Waals surface area contributed by atoms with Crippen LogP contribution in [0, 0.1) is 18.4 Å². The first-order valence-corrected chi connectivity index (χ1v) is 7.42. The van der Waals surface area contributed by atoms with E-state index in [4.69, 9.17) is 6.58 Å². The van der Waals surface area contributed by atoms with E-state index in [0.29, 0.717) is 5.57 Å². The van der Waals surface area contributed by atoms with E-state index in [2.05, 4.69) is 6.58 Å². The lowest BCUT2D eigenvalue weighted by atomic mass is 9.71. The SMILES string of the molecule is C=C1C(=O)C(C)=C1[O-].CC1C([O-])C(C)C1[O-].[CH+]=C1C(=O)C(C)=C1[O-]. The second-order valence-electron chi connectivity index (χ2n) is 6.11. The van der Waals surface area contributed by atoms with Crippen molar-refractivity contribution < 1.29 is 30.0 Å². The van der Waals surface area contributed by atoms with Gasteiger partial charge < -0.3 is 20.4 Å². The van der Waals surface area contributed by atoms with Crippen molar-refractivity contribution in [2.45, 2.75) is 39.9 Å². The molecule has 0 bridgehead atoms. The predicted octanol–water partition coefficient (Wildman–Crippen LogP) is -1.95. The zero-order chi connectivity index (χ0) is 18.9. The van der Waals surface area contributed by atoms with Crippen LogP contribution >= 0.6 is 0 Å². The normalized spacial score (nSPS) is 31.2. The molecule has 130 valence electrons. The van der Waals surface area contributed by atoms with E-state index >= 15 is 0 Å². The maximum absolute atomic E-state index is 10.7. The van der Waals surface area contributed by atoms with Crippen LogP contribution in [0.25, 0.3) is 0 Å². The summed E-state index contributed by atoms with van der Waals surface area (Å²) >= 11 is 0. The Bertz CT molecular complexity index is 545. The van der Waals surface area contributed by atoms with E-state index in [0.717, 1.165) is 0 Å². The van der Waals surface area contributed by atoms with Crippen molar-refractivity contribution in [2.24, 2.45) is 11.8 Å². The summed E-state index contributed by atoms with van der Waals surface area (Å²) in [5.74, 6) is -1.23. The van der Waals surface area contributed by atoms with E-state index in [1.54, 1.807) is 13.8 Å². The molecule has 3 aliphatic rings. The smallest absolute Gasteiger partial charge is 0.318 e. The highest BCUT2D eigenvalue weighted by atomic mass is 16.3. The van der Waals surface area contributed by atoms with Crippen LogP contribution in [0.1, 0.15) is 27.7 Å². The molecule has 0 aliphatic heterocycles. The first kappa shape index (κ1) is 19.8. The molecule has 0 spiro atoms. The van der Waals surface area contributed by atoms with E-state index < -0.39 is 12.2 Å². The first-order valence-electron chi connectivity index (χ1n) is 7.42. The highest BCUT2D eigenvalue weighted by Crippen LogP contribution is 2.29. The third kappa shape index (κ3) is 3.31. The van der Waals surface area contributed by atoms with Gasteiger partial charge in [0.05, 0.1) is 5.76 Å². The summed E-state index contributed by atoms with van der Waals surface area (Å²) in [5.41, 5.74) is 0.572. The summed E-state index contributed by atoms with van der Waals surface area (Å²) in [6.07, 6.45) is -1.17. The van der Waals surface area contributed by atoms with E-state index in [-0.39, 0.29) is 51.6 Å². The predicted molar refractivity (Wildman–Crippen MR) is 78.3 cm³/mol. The Morgan fingerprint density at radius 2 is 1.25 bits per heavy atom. The lowest BCUT2D eigenvalue weighted by Crippen LogP contribution is -2.64. The Morgan fingerprint density at radius 3 is 1.38 bits per heavy atom. The molecule has 1 fully saturated rings. The van der Waals surface area contributed by atoms with Gasteiger partial charge >= 0.3 is 5.78 Å². The van der Waals surface area contributed by atoms with Crippen LogP contribution in [0.3, 0.4) is 0 Å². The van der Waals surface area contributed by atoms with Gasteiger partial charge in [0.2, 0.25) is 5.57 Å². The molecule has 0 radical (unpaired) electrons. The van der Waals surface area contributed by atoms with Crippen LogP contribution in [0.4, 0.5) is 0 Å². The average Bonchev–Trinajstić information content (AvgIpc) is 2.63. The Labute approximate surface area is 141 Å². The Hall–Kier alpha value is -2.27.